The first-order chi connectivity index (χ1) is 42.5. The third-order valence-electron chi connectivity index (χ3n) is 15.8. The Morgan fingerprint density at radius 2 is 1.27 bits per heavy atom. The lowest BCUT2D eigenvalue weighted by molar-refractivity contribution is -0.136. The van der Waals surface area contributed by atoms with Crippen molar-refractivity contribution in [2.24, 2.45) is 11.5 Å². The molecule has 16 N–H and O–H groups in total. The smallest absolute Gasteiger partial charge is 0.243 e. The van der Waals surface area contributed by atoms with Crippen molar-refractivity contribution < 1.29 is 43.2 Å². The topological polar surface area (TPSA) is 382 Å². The number of guanidine groups is 1. The van der Waals surface area contributed by atoms with E-state index < -0.39 is 83.6 Å². The number of aromatic amines is 2. The number of nitrogens with two attached hydrogens (primary N) is 2. The third kappa shape index (κ3) is 26.1. The molecular weight excluding hydrogens is 1120 g/mol. The van der Waals surface area contributed by atoms with Crippen molar-refractivity contribution in [1.82, 2.24) is 62.8 Å². The summed E-state index contributed by atoms with van der Waals surface area (Å²) >= 11 is 0. The number of benzene rings is 2. The summed E-state index contributed by atoms with van der Waals surface area (Å²) in [6, 6.07) is 7.18. The van der Waals surface area contributed by atoms with Gasteiger partial charge in [-0.05, 0) is 75.1 Å². The van der Waals surface area contributed by atoms with Crippen LogP contribution in [0.3, 0.4) is 0 Å². The molecule has 2 aromatic heterocycles. The normalized spacial score (nSPS) is 20.2. The number of carbonyl (C=O) groups is 9. The molecule has 88 heavy (non-hydrogen) atoms. The van der Waals surface area contributed by atoms with E-state index in [0.29, 0.717) is 49.0 Å². The molecule has 5 rings (SSSR count). The van der Waals surface area contributed by atoms with Crippen molar-refractivity contribution in [2.45, 2.75) is 217 Å². The van der Waals surface area contributed by atoms with Crippen LogP contribution in [0, 0.1) is 5.41 Å². The van der Waals surface area contributed by atoms with Crippen LogP contribution < -0.4 is 59.3 Å². The van der Waals surface area contributed by atoms with Crippen LogP contribution >= 0.6 is 0 Å². The van der Waals surface area contributed by atoms with E-state index in [1.165, 1.54) is 57.5 Å². The number of hydrogen-bond acceptors (Lipinski definition) is 12. The van der Waals surface area contributed by atoms with E-state index in [1.807, 2.05) is 31.2 Å². The highest BCUT2D eigenvalue weighted by molar-refractivity contribution is 5.98. The molecule has 7 atom stereocenters. The van der Waals surface area contributed by atoms with Gasteiger partial charge in [0.05, 0.1) is 12.9 Å². The fourth-order valence-corrected chi connectivity index (χ4v) is 10.7. The van der Waals surface area contributed by atoms with E-state index in [2.05, 4.69) is 69.7 Å². The molecule has 1 saturated heterocycles. The number of H-pyrrole nitrogens is 2. The molecule has 0 saturated carbocycles. The predicted molar refractivity (Wildman–Crippen MR) is 338 cm³/mol. The van der Waals surface area contributed by atoms with Crippen LogP contribution in [0.2, 0.25) is 0 Å². The number of aromatic nitrogens is 3. The molecule has 1 fully saturated rings. The first kappa shape index (κ1) is 70.6. The number of carbonyl (C=O) groups excluding carboxylic acids is 9. The maximum absolute atomic E-state index is 14.9. The standard InChI is InChI=1S/C64H97N15O9/c1-3-5-7-8-9-10-11-12-13-14-18-31-56(81)73-50(27-6-4-2)58(83)76-52-33-32-46(80)41-68-34-22-21-29-49(57(65)82)74-62(87)54(37-44-39-71-48-28-20-19-26-47(44)48)78-59(84)51(30-23-35-70-64(66)67)75-61(86)53(36-43-24-16-15-17-25-43)77-63(88)55(79-60(52)85)38-45-40-69-42-72-45/h15-17,19-20,24-26,28,39-40,42,49-55,68,71H,3-14,18,21-23,27,29-38,41H2,1-2H3,(H2,65,82)(H,69,72)(H,73,81)(H,74,87)(H,75,86)(H,76,83)(H,77,88)(H,78,84)(H,79,85)(H4,66,67,70)/t49-,50-,51-,52-,53+,54-,55-/m0/s1. The molecule has 1 aliphatic heterocycles. The number of fused-ring (bicyclic) bond motifs is 1. The van der Waals surface area contributed by atoms with Crippen LogP contribution in [0.5, 0.6) is 0 Å². The summed E-state index contributed by atoms with van der Waals surface area (Å²) in [6.07, 6.45) is 19.2. The van der Waals surface area contributed by atoms with E-state index >= 15 is 0 Å². The van der Waals surface area contributed by atoms with Crippen LogP contribution in [0.4, 0.5) is 0 Å². The zero-order valence-electron chi connectivity index (χ0n) is 51.5. The number of ketones is 1. The fourth-order valence-electron chi connectivity index (χ4n) is 10.7. The van der Waals surface area contributed by atoms with Crippen molar-refractivity contribution in [1.29, 1.82) is 5.41 Å². The first-order valence-electron chi connectivity index (χ1n) is 31.8. The maximum Gasteiger partial charge on any atom is 0.243 e. The number of para-hydroxylation sites is 1. The number of imidazole rings is 1. The van der Waals surface area contributed by atoms with Crippen LogP contribution in [0.15, 0.2) is 73.3 Å². The Morgan fingerprint density at radius 3 is 1.94 bits per heavy atom. The Balaban J connectivity index is 1.45. The quantitative estimate of drug-likeness (QED) is 0.0207. The van der Waals surface area contributed by atoms with Gasteiger partial charge in [-0.2, -0.15) is 0 Å². The van der Waals surface area contributed by atoms with Crippen molar-refractivity contribution >= 4 is 69.9 Å². The average molecular weight is 1220 g/mol. The number of nitrogens with one attached hydrogen (secondary N) is 12. The molecule has 4 aromatic rings. The molecule has 24 nitrogen and oxygen atoms in total. The molecule has 0 radical (unpaired) electrons. The van der Waals surface area contributed by atoms with Crippen LogP contribution in [0.1, 0.15) is 172 Å². The van der Waals surface area contributed by atoms with Crippen molar-refractivity contribution in [3.63, 3.8) is 0 Å². The fraction of sp³-hybridized carbons (Fsp3) is 0.578. The lowest BCUT2D eigenvalue weighted by Crippen LogP contribution is -2.61. The van der Waals surface area contributed by atoms with E-state index in [4.69, 9.17) is 16.9 Å². The minimum Gasteiger partial charge on any atom is -0.370 e. The number of rotatable bonds is 29. The Bertz CT molecular complexity index is 2830. The van der Waals surface area contributed by atoms with Gasteiger partial charge in [0, 0.05) is 67.6 Å². The second kappa shape index (κ2) is 39.6. The molecule has 0 unspecified atom stereocenters. The summed E-state index contributed by atoms with van der Waals surface area (Å²) in [7, 11) is 0. The number of Topliss-reactive ketones (excluding diaryl/α,β-unsaturated/α-hetero) is 1. The second-order valence-corrected chi connectivity index (χ2v) is 23.1. The van der Waals surface area contributed by atoms with E-state index in [9.17, 15) is 43.2 Å². The average Bonchev–Trinajstić information content (AvgIpc) is 3.83. The molecule has 1 aliphatic rings. The van der Waals surface area contributed by atoms with Gasteiger partial charge in [0.1, 0.15) is 48.1 Å². The van der Waals surface area contributed by atoms with Gasteiger partial charge in [0.15, 0.2) is 5.96 Å². The van der Waals surface area contributed by atoms with Crippen molar-refractivity contribution in [2.75, 3.05) is 19.6 Å². The maximum atomic E-state index is 14.9. The monoisotopic (exact) mass is 1220 g/mol. The third-order valence-corrected chi connectivity index (χ3v) is 15.8. The van der Waals surface area contributed by atoms with Crippen LogP contribution in [0.25, 0.3) is 10.9 Å². The summed E-state index contributed by atoms with van der Waals surface area (Å²) in [5.41, 5.74) is 13.9. The lowest BCUT2D eigenvalue weighted by Gasteiger charge is -2.28. The van der Waals surface area contributed by atoms with Crippen molar-refractivity contribution in [3.05, 3.63) is 90.1 Å². The Kier molecular flexibility index (Phi) is 31.8. The highest BCUT2D eigenvalue weighted by atomic mass is 16.2. The molecule has 8 amide bonds. The SMILES string of the molecule is CCCCCCCCCCCCCC(=O)N[C@@H](CCCC)C(=O)N[C@H]1CCC(=O)CNCCCC[C@@H](C(N)=O)NC(=O)[C@H](Cc2c[nH]c3ccccc23)NC(=O)[C@H](CCCNC(=N)N)NC(=O)[C@@H](Cc2ccccc2)NC(=O)[C@H](Cc2cnc[nH]2)NC1=O. The molecule has 0 spiro atoms. The minimum atomic E-state index is -1.42. The number of nitrogens with zero attached hydrogens (tertiary/aromatic N) is 1. The predicted octanol–water partition coefficient (Wildman–Crippen LogP) is 4.08. The zero-order valence-corrected chi connectivity index (χ0v) is 51.5. The molecule has 482 valence electrons. The zero-order chi connectivity index (χ0) is 63.5. The molecule has 0 aliphatic carbocycles. The van der Waals surface area contributed by atoms with Gasteiger partial charge in [-0.15, -0.1) is 0 Å². The molecule has 0 bridgehead atoms. The largest absolute Gasteiger partial charge is 0.370 e. The first-order valence-corrected chi connectivity index (χ1v) is 31.8. The van der Waals surface area contributed by atoms with E-state index in [0.717, 1.165) is 36.6 Å². The second-order valence-electron chi connectivity index (χ2n) is 23.1. The van der Waals surface area contributed by atoms with Crippen molar-refractivity contribution in [3.8, 4) is 0 Å². The van der Waals surface area contributed by atoms with Gasteiger partial charge in [-0.25, -0.2) is 4.98 Å². The number of amides is 8. The lowest BCUT2D eigenvalue weighted by atomic mass is 10.0. The number of hydrogen-bond donors (Lipinski definition) is 14. The molecular formula is C64H97N15O9. The Hall–Kier alpha value is -8.15. The highest BCUT2D eigenvalue weighted by Gasteiger charge is 2.35. The molecule has 2 aromatic carbocycles. The van der Waals surface area contributed by atoms with E-state index in [1.54, 1.807) is 36.5 Å². The van der Waals surface area contributed by atoms with Crippen LogP contribution in [-0.4, -0.2) is 136 Å². The molecule has 3 heterocycles. The summed E-state index contributed by atoms with van der Waals surface area (Å²) in [6.45, 7) is 4.52. The Morgan fingerprint density at radius 1 is 0.659 bits per heavy atom. The number of unbranched alkanes of at least 4 members (excludes halogenated alkanes) is 11. The summed E-state index contributed by atoms with van der Waals surface area (Å²) in [5.74, 6) is -6.26. The van der Waals surface area contributed by atoms with Crippen LogP contribution in [-0.2, 0) is 62.4 Å². The van der Waals surface area contributed by atoms with Gasteiger partial charge in [0.25, 0.3) is 0 Å². The number of primary amides is 1. The summed E-state index contributed by atoms with van der Waals surface area (Å²) < 4.78 is 0. The van der Waals surface area contributed by atoms with Gasteiger partial charge >= 0.3 is 0 Å². The highest BCUT2D eigenvalue weighted by Crippen LogP contribution is 2.20. The van der Waals surface area contributed by atoms with E-state index in [-0.39, 0.29) is 94.9 Å². The van der Waals surface area contributed by atoms with Gasteiger partial charge < -0.3 is 69.3 Å². The molecule has 24 heteroatoms. The summed E-state index contributed by atoms with van der Waals surface area (Å²) in [4.78, 5) is 138. The Labute approximate surface area is 517 Å². The van der Waals surface area contributed by atoms with Gasteiger partial charge in [-0.3, -0.25) is 48.6 Å². The van der Waals surface area contributed by atoms with Gasteiger partial charge in [-0.1, -0.05) is 139 Å². The minimum absolute atomic E-state index is 0.0419. The summed E-state index contributed by atoms with van der Waals surface area (Å²) in [5, 5.41) is 34.0. The van der Waals surface area contributed by atoms with Gasteiger partial charge in [0.2, 0.25) is 47.3 Å².